The lowest BCUT2D eigenvalue weighted by Crippen LogP contribution is -2.24. The van der Waals surface area contributed by atoms with Gasteiger partial charge in [0, 0.05) is 6.42 Å². The van der Waals surface area contributed by atoms with Gasteiger partial charge in [-0.3, -0.25) is 9.36 Å². The van der Waals surface area contributed by atoms with Gasteiger partial charge in [-0.05, 0) is 24.6 Å². The molecule has 8 nitrogen and oxygen atoms in total. The lowest BCUT2D eigenvalue weighted by Gasteiger charge is -2.18. The zero-order chi connectivity index (χ0) is 21.5. The molecule has 0 spiro atoms. The van der Waals surface area contributed by atoms with Gasteiger partial charge in [-0.25, -0.2) is 14.4 Å². The number of fused-ring (bicyclic) bond motifs is 1. The third-order valence-corrected chi connectivity index (χ3v) is 4.57. The fraction of sp³-hybridized carbons (Fsp3) is 0.278. The Bertz CT molecular complexity index is 1110. The Kier molecular flexibility index (Phi) is 4.84. The van der Waals surface area contributed by atoms with Gasteiger partial charge in [0.25, 0.3) is 5.91 Å². The lowest BCUT2D eigenvalue weighted by atomic mass is 10.2. The Hall–Kier alpha value is -3.57. The van der Waals surface area contributed by atoms with Crippen LogP contribution in [0.2, 0.25) is 0 Å². The Labute approximate surface area is 166 Å². The summed E-state index contributed by atoms with van der Waals surface area (Å²) in [7, 11) is 1.28. The molecule has 12 heteroatoms. The van der Waals surface area contributed by atoms with Crippen molar-refractivity contribution in [3.05, 3.63) is 47.7 Å². The SMILES string of the molecule is COc1ncc(F)cc1C(=O)Nc1cccc(-c2nnc3n2[C@@H](C(F)(F)F)CC3)n1. The molecule has 0 saturated heterocycles. The van der Waals surface area contributed by atoms with E-state index in [1.54, 1.807) is 0 Å². The molecule has 0 unspecified atom stereocenters. The summed E-state index contributed by atoms with van der Waals surface area (Å²) in [6.45, 7) is 0. The number of ether oxygens (including phenoxy) is 1. The fourth-order valence-electron chi connectivity index (χ4n) is 3.27. The number of nitrogens with zero attached hydrogens (tertiary/aromatic N) is 5. The lowest BCUT2D eigenvalue weighted by molar-refractivity contribution is -0.165. The number of rotatable bonds is 4. The number of methoxy groups -OCH3 is 1. The number of hydrogen-bond acceptors (Lipinski definition) is 6. The summed E-state index contributed by atoms with van der Waals surface area (Å²) >= 11 is 0. The molecule has 1 aliphatic heterocycles. The summed E-state index contributed by atoms with van der Waals surface area (Å²) in [5.74, 6) is -1.37. The van der Waals surface area contributed by atoms with Gasteiger partial charge in [-0.15, -0.1) is 10.2 Å². The Balaban J connectivity index is 1.64. The maximum Gasteiger partial charge on any atom is 0.409 e. The van der Waals surface area contributed by atoms with Crippen LogP contribution in [0.15, 0.2) is 30.5 Å². The number of aryl methyl sites for hydroxylation is 1. The second-order valence-electron chi connectivity index (χ2n) is 6.48. The molecular formula is C18H14F4N6O2. The van der Waals surface area contributed by atoms with Crippen LogP contribution >= 0.6 is 0 Å². The van der Waals surface area contributed by atoms with Crippen LogP contribution < -0.4 is 10.1 Å². The fourth-order valence-corrected chi connectivity index (χ4v) is 3.27. The highest BCUT2D eigenvalue weighted by molar-refractivity contribution is 6.05. The van der Waals surface area contributed by atoms with Crippen molar-refractivity contribution < 1.29 is 27.1 Å². The number of alkyl halides is 3. The van der Waals surface area contributed by atoms with Crippen molar-refractivity contribution in [2.75, 3.05) is 12.4 Å². The maximum absolute atomic E-state index is 13.5. The molecule has 1 N–H and O–H groups in total. The molecule has 4 heterocycles. The van der Waals surface area contributed by atoms with Crippen LogP contribution in [0.4, 0.5) is 23.4 Å². The monoisotopic (exact) mass is 422 g/mol. The highest BCUT2D eigenvalue weighted by atomic mass is 19.4. The Morgan fingerprint density at radius 3 is 2.83 bits per heavy atom. The molecule has 1 atom stereocenters. The van der Waals surface area contributed by atoms with Crippen molar-refractivity contribution in [1.82, 2.24) is 24.7 Å². The quantitative estimate of drug-likeness (QED) is 0.649. The number of halogens is 4. The van der Waals surface area contributed by atoms with Crippen LogP contribution in [-0.4, -0.2) is 43.9 Å². The van der Waals surface area contributed by atoms with Crippen molar-refractivity contribution >= 4 is 11.7 Å². The van der Waals surface area contributed by atoms with Gasteiger partial charge in [0.05, 0.1) is 13.3 Å². The number of pyridine rings is 2. The summed E-state index contributed by atoms with van der Waals surface area (Å²) in [5.41, 5.74) is -0.0581. The average Bonchev–Trinajstić information content (AvgIpc) is 3.29. The minimum absolute atomic E-state index is 0.0303. The first-order chi connectivity index (χ1) is 14.3. The van der Waals surface area contributed by atoms with Gasteiger partial charge in [0.2, 0.25) is 5.88 Å². The van der Waals surface area contributed by atoms with E-state index < -0.39 is 23.9 Å². The van der Waals surface area contributed by atoms with Gasteiger partial charge in [-0.1, -0.05) is 6.07 Å². The summed E-state index contributed by atoms with van der Waals surface area (Å²) in [6, 6.07) is 3.61. The van der Waals surface area contributed by atoms with Crippen LogP contribution in [0.3, 0.4) is 0 Å². The smallest absolute Gasteiger partial charge is 0.409 e. The van der Waals surface area contributed by atoms with Crippen molar-refractivity contribution in [3.8, 4) is 17.4 Å². The molecule has 0 bridgehead atoms. The normalized spacial score (nSPS) is 15.7. The maximum atomic E-state index is 13.5. The van der Waals surface area contributed by atoms with Crippen LogP contribution in [0.1, 0.15) is 28.6 Å². The molecule has 0 saturated carbocycles. The van der Waals surface area contributed by atoms with E-state index in [2.05, 4.69) is 25.5 Å². The third kappa shape index (κ3) is 3.55. The largest absolute Gasteiger partial charge is 0.480 e. The molecule has 156 valence electrons. The molecule has 0 aromatic carbocycles. The topological polar surface area (TPSA) is 94.8 Å². The van der Waals surface area contributed by atoms with E-state index in [4.69, 9.17) is 4.74 Å². The van der Waals surface area contributed by atoms with Crippen molar-refractivity contribution in [2.24, 2.45) is 0 Å². The van der Waals surface area contributed by atoms with Crippen molar-refractivity contribution in [3.63, 3.8) is 0 Å². The summed E-state index contributed by atoms with van der Waals surface area (Å²) in [5, 5.41) is 10.1. The standard InChI is InChI=1S/C18H14F4N6O2/c1-30-17-10(7-9(19)8-23-17)16(29)25-13-4-2-3-11(24-13)15-27-26-14-6-5-12(28(14)15)18(20,21)22/h2-4,7-8,12H,5-6H2,1H3,(H,24,25,29)/t12-/m1/s1. The minimum atomic E-state index is -4.45. The van der Waals surface area contributed by atoms with E-state index in [0.717, 1.165) is 16.8 Å². The van der Waals surface area contributed by atoms with Gasteiger partial charge in [0.1, 0.15) is 34.8 Å². The summed E-state index contributed by atoms with van der Waals surface area (Å²) in [4.78, 5) is 20.4. The third-order valence-electron chi connectivity index (χ3n) is 4.57. The highest BCUT2D eigenvalue weighted by Gasteiger charge is 2.46. The minimum Gasteiger partial charge on any atom is -0.480 e. The second kappa shape index (κ2) is 7.35. The van der Waals surface area contributed by atoms with Gasteiger partial charge in [0.15, 0.2) is 5.82 Å². The number of hydrogen-bond donors (Lipinski definition) is 1. The van der Waals surface area contributed by atoms with E-state index in [0.29, 0.717) is 0 Å². The molecule has 1 amide bonds. The molecule has 0 fully saturated rings. The number of nitrogens with one attached hydrogen (secondary N) is 1. The Morgan fingerprint density at radius 2 is 2.10 bits per heavy atom. The van der Waals surface area contributed by atoms with E-state index >= 15 is 0 Å². The molecular weight excluding hydrogens is 408 g/mol. The first-order valence-electron chi connectivity index (χ1n) is 8.76. The molecule has 3 aromatic rings. The van der Waals surface area contributed by atoms with Crippen molar-refractivity contribution in [1.29, 1.82) is 0 Å². The molecule has 3 aromatic heterocycles. The highest BCUT2D eigenvalue weighted by Crippen LogP contribution is 2.41. The summed E-state index contributed by atoms with van der Waals surface area (Å²) in [6.07, 6.45) is -3.52. The number of aromatic nitrogens is 5. The molecule has 0 aliphatic carbocycles. The summed E-state index contributed by atoms with van der Waals surface area (Å²) < 4.78 is 59.5. The van der Waals surface area contributed by atoms with Crippen LogP contribution in [0, 0.1) is 5.82 Å². The molecule has 0 radical (unpaired) electrons. The van der Waals surface area contributed by atoms with Crippen LogP contribution in [-0.2, 0) is 6.42 Å². The van der Waals surface area contributed by atoms with E-state index in [1.807, 2.05) is 0 Å². The zero-order valence-electron chi connectivity index (χ0n) is 15.4. The van der Waals surface area contributed by atoms with Gasteiger partial charge < -0.3 is 10.1 Å². The van der Waals surface area contributed by atoms with E-state index in [-0.39, 0.29) is 47.4 Å². The molecule has 30 heavy (non-hydrogen) atoms. The van der Waals surface area contributed by atoms with E-state index in [9.17, 15) is 22.4 Å². The molecule has 1 aliphatic rings. The number of anilines is 1. The van der Waals surface area contributed by atoms with Crippen LogP contribution in [0.25, 0.3) is 11.5 Å². The Morgan fingerprint density at radius 1 is 1.30 bits per heavy atom. The predicted molar refractivity (Wildman–Crippen MR) is 95.4 cm³/mol. The zero-order valence-corrected chi connectivity index (χ0v) is 15.4. The van der Waals surface area contributed by atoms with Gasteiger partial charge >= 0.3 is 6.18 Å². The first-order valence-corrected chi connectivity index (χ1v) is 8.76. The van der Waals surface area contributed by atoms with E-state index in [1.165, 1.54) is 25.3 Å². The number of carbonyl (C=O) groups is 1. The predicted octanol–water partition coefficient (Wildman–Crippen LogP) is 3.18. The first kappa shape index (κ1) is 19.7. The van der Waals surface area contributed by atoms with Crippen LogP contribution in [0.5, 0.6) is 5.88 Å². The number of carbonyl (C=O) groups excluding carboxylic acids is 1. The molecule has 4 rings (SSSR count). The second-order valence-corrected chi connectivity index (χ2v) is 6.48. The number of amides is 1. The van der Waals surface area contributed by atoms with Crippen molar-refractivity contribution in [2.45, 2.75) is 25.1 Å². The van der Waals surface area contributed by atoms with Gasteiger partial charge in [-0.2, -0.15) is 13.2 Å². The average molecular weight is 422 g/mol.